The van der Waals surface area contributed by atoms with Crippen LogP contribution in [-0.4, -0.2) is 90.5 Å². The normalized spacial score (nSPS) is 31.1. The molecule has 124 valence electrons. The van der Waals surface area contributed by atoms with Gasteiger partial charge in [0.2, 0.25) is 5.40 Å². The van der Waals surface area contributed by atoms with Gasteiger partial charge >= 0.3 is 4.90 Å². The predicted molar refractivity (Wildman–Crippen MR) is 100 cm³/mol. The molecule has 0 unspecified atom stereocenters. The molecular weight excluding hydrogens is 322 g/mol. The highest BCUT2D eigenvalue weighted by Crippen LogP contribution is 3.06. The topological polar surface area (TPSA) is 30.0 Å². The zero-order chi connectivity index (χ0) is 17.0. The van der Waals surface area contributed by atoms with E-state index in [0.29, 0.717) is 5.40 Å². The molecule has 0 bridgehead atoms. The fourth-order valence-electron chi connectivity index (χ4n) is 5.00. The summed E-state index contributed by atoms with van der Waals surface area (Å²) < 4.78 is 9.21. The van der Waals surface area contributed by atoms with Crippen molar-refractivity contribution >= 4 is 32.9 Å². The molecule has 5 nitrogen and oxygen atoms in total. The summed E-state index contributed by atoms with van der Waals surface area (Å²) in [6.45, 7) is 4.46. The van der Waals surface area contributed by atoms with Crippen molar-refractivity contribution in [2.75, 3.05) is 56.4 Å². The van der Waals surface area contributed by atoms with Gasteiger partial charge in [-0.15, -0.1) is 0 Å². The van der Waals surface area contributed by atoms with Gasteiger partial charge in [0.25, 0.3) is 20.2 Å². The Morgan fingerprint density at radius 3 is 1.24 bits per heavy atom. The van der Waals surface area contributed by atoms with Crippen molar-refractivity contribution < 1.29 is 4.79 Å². The molecule has 1 rings (SSSR count). The molecule has 0 spiro atoms. The Bertz CT molecular complexity index is 384. The summed E-state index contributed by atoms with van der Waals surface area (Å²) in [5.74, 6) is 0. The van der Waals surface area contributed by atoms with Crippen molar-refractivity contribution in [2.24, 2.45) is 0 Å². The number of carbonyl (C=O) groups excluding carboxylic acids is 1. The third-order valence-corrected chi connectivity index (χ3v) is 19.6. The molecule has 1 saturated heterocycles. The molecule has 8 heteroatoms. The quantitative estimate of drug-likeness (QED) is 0.605. The van der Waals surface area contributed by atoms with Crippen LogP contribution in [0.4, 0.5) is 0 Å². The van der Waals surface area contributed by atoms with Crippen LogP contribution in [0.5, 0.6) is 0 Å². The highest BCUT2D eigenvalue weighted by Gasteiger charge is 2.98. The minimum Gasteiger partial charge on any atom is -0.278 e. The number of thiol groups is 1. The summed E-state index contributed by atoms with van der Waals surface area (Å²) in [5.41, 5.74) is 0. The van der Waals surface area contributed by atoms with Crippen LogP contribution < -0.4 is 0 Å². The lowest BCUT2D eigenvalue weighted by Gasteiger charge is -2.64. The van der Waals surface area contributed by atoms with Gasteiger partial charge in [-0.05, 0) is 0 Å². The zero-order valence-corrected chi connectivity index (χ0v) is 17.8. The third-order valence-electron chi connectivity index (χ3n) is 5.17. The van der Waals surface area contributed by atoms with E-state index < -0.39 is 20.0 Å². The van der Waals surface area contributed by atoms with E-state index in [4.69, 9.17) is 0 Å². The molecule has 0 amide bonds. The molecule has 1 heterocycles. The summed E-state index contributed by atoms with van der Waals surface area (Å²) >= 11 is 4.37. The fraction of sp³-hybridized carbons (Fsp3) is 0.923. The van der Waals surface area contributed by atoms with Gasteiger partial charge in [-0.2, -0.15) is 18.7 Å². The maximum atomic E-state index is 12.8. The lowest BCUT2D eigenvalue weighted by atomic mass is 10.5. The van der Waals surface area contributed by atoms with Crippen LogP contribution in [0, 0.1) is 0 Å². The SMILES string of the molecule is CC1[P+](N(C)C)(N(C)C)C(C)(C(=O)S)[P+]1(N(C)C)N(C)C. The summed E-state index contributed by atoms with van der Waals surface area (Å²) in [6, 6.07) is 0. The molecule has 0 saturated carbocycles. The van der Waals surface area contributed by atoms with Crippen LogP contribution in [0.15, 0.2) is 0 Å². The number of carbonyl (C=O) groups is 1. The van der Waals surface area contributed by atoms with Crippen molar-refractivity contribution in [3.8, 4) is 0 Å². The monoisotopic (exact) mass is 354 g/mol. The standard InChI is InChI=1S/C13H31N4OP2S/c1-11-19(14(3)4,15(5)6)13(2,12(18)21)20(11,16(7)8)17(9)10/h11H,1-10H3/q+1/p+1. The van der Waals surface area contributed by atoms with Gasteiger partial charge in [-0.3, -0.25) is 4.79 Å². The second-order valence-corrected chi connectivity index (χ2v) is 16.9. The van der Waals surface area contributed by atoms with Gasteiger partial charge < -0.3 is 0 Å². The van der Waals surface area contributed by atoms with Crippen LogP contribution in [0.25, 0.3) is 0 Å². The maximum Gasteiger partial charge on any atom is 0.312 e. The van der Waals surface area contributed by atoms with Crippen LogP contribution >= 0.6 is 27.8 Å². The largest absolute Gasteiger partial charge is 0.312 e. The zero-order valence-electron chi connectivity index (χ0n) is 15.1. The molecule has 0 atom stereocenters. The Balaban J connectivity index is 3.73. The molecule has 1 aliphatic heterocycles. The van der Waals surface area contributed by atoms with Crippen molar-refractivity contribution in [2.45, 2.75) is 24.1 Å². The van der Waals surface area contributed by atoms with Crippen LogP contribution in [-0.2, 0) is 4.79 Å². The minimum atomic E-state index is -1.81. The average molecular weight is 354 g/mol. The molecule has 1 fully saturated rings. The van der Waals surface area contributed by atoms with Gasteiger partial charge in [0.1, 0.15) is 0 Å². The first kappa shape index (κ1) is 19.8. The van der Waals surface area contributed by atoms with Crippen molar-refractivity contribution in [1.29, 1.82) is 0 Å². The van der Waals surface area contributed by atoms with E-state index in [1.807, 2.05) is 0 Å². The van der Waals surface area contributed by atoms with Crippen molar-refractivity contribution in [1.82, 2.24) is 18.7 Å². The number of hydrogen-bond donors (Lipinski definition) is 1. The van der Waals surface area contributed by atoms with Gasteiger partial charge in [0, 0.05) is 70.2 Å². The lowest BCUT2D eigenvalue weighted by molar-refractivity contribution is -0.111. The van der Waals surface area contributed by atoms with Gasteiger partial charge in [-0.1, -0.05) is 12.6 Å². The molecule has 0 aliphatic carbocycles. The third kappa shape index (κ3) is 1.97. The van der Waals surface area contributed by atoms with Crippen molar-refractivity contribution in [3.63, 3.8) is 0 Å². The van der Waals surface area contributed by atoms with E-state index in [2.05, 4.69) is 102 Å². The Morgan fingerprint density at radius 2 is 1.10 bits per heavy atom. The molecule has 0 radical (unpaired) electrons. The van der Waals surface area contributed by atoms with E-state index in [1.54, 1.807) is 0 Å². The van der Waals surface area contributed by atoms with Crippen LogP contribution in [0.3, 0.4) is 0 Å². The Kier molecular flexibility index (Phi) is 5.62. The van der Waals surface area contributed by atoms with Crippen LogP contribution in [0.1, 0.15) is 13.8 Å². The number of hydrogen-bond acceptors (Lipinski definition) is 5. The molecule has 21 heavy (non-hydrogen) atoms. The summed E-state index contributed by atoms with van der Waals surface area (Å²) in [6.07, 6.45) is 0. The summed E-state index contributed by atoms with van der Waals surface area (Å²) in [7, 11) is 13.3. The molecule has 1 aliphatic rings. The lowest BCUT2D eigenvalue weighted by Crippen LogP contribution is -2.66. The smallest absolute Gasteiger partial charge is 0.278 e. The number of nitrogens with zero attached hydrogens (tertiary/aromatic N) is 4. The Labute approximate surface area is 137 Å². The number of rotatable bonds is 5. The molecule has 0 aromatic rings. The van der Waals surface area contributed by atoms with E-state index in [1.165, 1.54) is 0 Å². The molecule has 0 N–H and O–H groups in total. The second-order valence-electron chi connectivity index (χ2n) is 6.65. The first-order chi connectivity index (χ1) is 9.37. The molecule has 0 aromatic heterocycles. The van der Waals surface area contributed by atoms with E-state index in [-0.39, 0.29) is 5.12 Å². The molecule has 0 aromatic carbocycles. The minimum absolute atomic E-state index is 0.0204. The summed E-state index contributed by atoms with van der Waals surface area (Å²) in [4.78, 5) is 12.3. The first-order valence-corrected chi connectivity index (χ1v) is 11.1. The highest BCUT2D eigenvalue weighted by molar-refractivity contribution is 8.11. The van der Waals surface area contributed by atoms with Gasteiger partial charge in [0.05, 0.1) is 0 Å². The summed E-state index contributed by atoms with van der Waals surface area (Å²) in [5, 5.41) is 0.466. The van der Waals surface area contributed by atoms with Gasteiger partial charge in [-0.25, -0.2) is 0 Å². The average Bonchev–Trinajstić information content (AvgIpc) is 2.26. The second kappa shape index (κ2) is 5.98. The first-order valence-electron chi connectivity index (χ1n) is 7.10. The fourth-order valence-corrected chi connectivity index (χ4v) is 24.9. The highest BCUT2D eigenvalue weighted by atomic mass is 32.1. The van der Waals surface area contributed by atoms with E-state index in [0.717, 1.165) is 0 Å². The predicted octanol–water partition coefficient (Wildman–Crippen LogP) is 2.46. The maximum absolute atomic E-state index is 12.8. The molecular formula is C13H32N4OP2S+2. The van der Waals surface area contributed by atoms with E-state index >= 15 is 0 Å². The van der Waals surface area contributed by atoms with Crippen molar-refractivity contribution in [3.05, 3.63) is 0 Å². The van der Waals surface area contributed by atoms with Gasteiger partial charge in [0.15, 0.2) is 0 Å². The Hall–Kier alpha value is 0.720. The van der Waals surface area contributed by atoms with Crippen LogP contribution in [0.2, 0.25) is 0 Å². The Morgan fingerprint density at radius 1 is 0.857 bits per heavy atom. The van der Waals surface area contributed by atoms with E-state index in [9.17, 15) is 4.79 Å².